The first-order chi connectivity index (χ1) is 7.56. The maximum atomic E-state index is 11.4. The van der Waals surface area contributed by atoms with Crippen LogP contribution >= 0.6 is 8.03 Å². The van der Waals surface area contributed by atoms with Crippen molar-refractivity contribution in [2.75, 3.05) is 20.3 Å². The molecule has 0 aromatic heterocycles. The van der Waals surface area contributed by atoms with Gasteiger partial charge in [0.2, 0.25) is 8.03 Å². The molecule has 8 heteroatoms. The second-order valence-electron chi connectivity index (χ2n) is 2.46. The summed E-state index contributed by atoms with van der Waals surface area (Å²) in [5, 5.41) is 0. The maximum Gasteiger partial charge on any atom is 0.509 e. The van der Waals surface area contributed by atoms with Crippen molar-refractivity contribution in [2.45, 2.75) is 19.7 Å². The lowest BCUT2D eigenvalue weighted by Gasteiger charge is -2.14. The van der Waals surface area contributed by atoms with Crippen LogP contribution in [0.15, 0.2) is 0 Å². The molecule has 0 saturated carbocycles. The molecule has 16 heavy (non-hydrogen) atoms. The van der Waals surface area contributed by atoms with Crippen molar-refractivity contribution in [3.05, 3.63) is 0 Å². The first-order valence-electron chi connectivity index (χ1n) is 4.64. The van der Waals surface area contributed by atoms with E-state index in [-0.39, 0.29) is 13.2 Å². The zero-order valence-electron chi connectivity index (χ0n) is 9.35. The first-order valence-corrected chi connectivity index (χ1v) is 6.04. The molecule has 2 atom stereocenters. The van der Waals surface area contributed by atoms with E-state index in [0.717, 1.165) is 7.11 Å². The second kappa shape index (κ2) is 8.13. The molecule has 0 bridgehead atoms. The van der Waals surface area contributed by atoms with E-state index in [1.807, 2.05) is 0 Å². The molecule has 7 nitrogen and oxygen atoms in total. The standard InChI is InChI=1S/C8H15O7P/c1-4-13-6(9)7(15-8(10)12-3)16(11)14-5-2/h7,16H,4-5H2,1-3H3. The minimum atomic E-state index is -2.85. The SMILES string of the molecule is CCOC(=O)C(OC(=O)OC)[PH](=O)OCC. The van der Waals surface area contributed by atoms with Crippen LogP contribution in [0.2, 0.25) is 0 Å². The van der Waals surface area contributed by atoms with Gasteiger partial charge in [-0.3, -0.25) is 4.57 Å². The van der Waals surface area contributed by atoms with E-state index in [2.05, 4.69) is 14.2 Å². The quantitative estimate of drug-likeness (QED) is 0.519. The molecule has 0 amide bonds. The molecule has 0 aromatic carbocycles. The van der Waals surface area contributed by atoms with Crippen LogP contribution in [-0.2, 0) is 28.1 Å². The molecule has 94 valence electrons. The lowest BCUT2D eigenvalue weighted by Crippen LogP contribution is -2.26. The fourth-order valence-electron chi connectivity index (χ4n) is 0.773. The van der Waals surface area contributed by atoms with E-state index in [0.29, 0.717) is 0 Å². The highest BCUT2D eigenvalue weighted by molar-refractivity contribution is 7.41. The van der Waals surface area contributed by atoms with Crippen molar-refractivity contribution in [1.29, 1.82) is 0 Å². The highest BCUT2D eigenvalue weighted by atomic mass is 31.1. The summed E-state index contributed by atoms with van der Waals surface area (Å²) < 4.78 is 29.5. The minimum absolute atomic E-state index is 0.0845. The van der Waals surface area contributed by atoms with E-state index >= 15 is 0 Å². The number of carbonyl (C=O) groups is 2. The van der Waals surface area contributed by atoms with E-state index in [1.165, 1.54) is 0 Å². The van der Waals surface area contributed by atoms with Crippen molar-refractivity contribution in [3.63, 3.8) is 0 Å². The Kier molecular flexibility index (Phi) is 7.58. The zero-order valence-corrected chi connectivity index (χ0v) is 10.3. The van der Waals surface area contributed by atoms with Crippen molar-refractivity contribution in [1.82, 2.24) is 0 Å². The fraction of sp³-hybridized carbons (Fsp3) is 0.750. The zero-order chi connectivity index (χ0) is 12.6. The third-order valence-corrected chi connectivity index (χ3v) is 2.74. The molecular weight excluding hydrogens is 239 g/mol. The number of methoxy groups -OCH3 is 1. The largest absolute Gasteiger partial charge is 0.509 e. The minimum Gasteiger partial charge on any atom is -0.463 e. The maximum absolute atomic E-state index is 11.4. The lowest BCUT2D eigenvalue weighted by atomic mass is 10.7. The van der Waals surface area contributed by atoms with Crippen molar-refractivity contribution < 1.29 is 32.9 Å². The summed E-state index contributed by atoms with van der Waals surface area (Å²) in [7, 11) is -1.78. The van der Waals surface area contributed by atoms with Crippen LogP contribution in [0.3, 0.4) is 0 Å². The third-order valence-electron chi connectivity index (χ3n) is 1.38. The summed E-state index contributed by atoms with van der Waals surface area (Å²) in [6, 6.07) is 0. The van der Waals surface area contributed by atoms with Crippen LogP contribution in [0.25, 0.3) is 0 Å². The summed E-state index contributed by atoms with van der Waals surface area (Å²) in [5.74, 6) is -2.47. The van der Waals surface area contributed by atoms with Crippen LogP contribution in [0.4, 0.5) is 4.79 Å². The summed E-state index contributed by atoms with van der Waals surface area (Å²) in [4.78, 5) is 22.1. The number of ether oxygens (including phenoxy) is 3. The van der Waals surface area contributed by atoms with Crippen molar-refractivity contribution in [2.24, 2.45) is 0 Å². The Hall–Kier alpha value is -1.07. The Morgan fingerprint density at radius 1 is 1.25 bits per heavy atom. The molecule has 2 unspecified atom stereocenters. The number of esters is 1. The van der Waals surface area contributed by atoms with Crippen LogP contribution in [0.1, 0.15) is 13.8 Å². The topological polar surface area (TPSA) is 88.1 Å². The van der Waals surface area contributed by atoms with Crippen LogP contribution in [-0.4, -0.2) is 38.3 Å². The molecule has 0 N–H and O–H groups in total. The van der Waals surface area contributed by atoms with Gasteiger partial charge in [0, 0.05) is 0 Å². The predicted molar refractivity (Wildman–Crippen MR) is 54.5 cm³/mol. The lowest BCUT2D eigenvalue weighted by molar-refractivity contribution is -0.149. The second-order valence-corrected chi connectivity index (χ2v) is 3.91. The van der Waals surface area contributed by atoms with Gasteiger partial charge in [0.15, 0.2) is 0 Å². The molecule has 0 heterocycles. The molecule has 0 rings (SSSR count). The Bertz CT molecular complexity index is 247. The van der Waals surface area contributed by atoms with Gasteiger partial charge in [-0.2, -0.15) is 0 Å². The van der Waals surface area contributed by atoms with E-state index in [4.69, 9.17) is 4.52 Å². The Labute approximate surface area is 93.9 Å². The smallest absolute Gasteiger partial charge is 0.463 e. The Morgan fingerprint density at radius 2 is 1.88 bits per heavy atom. The van der Waals surface area contributed by atoms with Crippen LogP contribution in [0.5, 0.6) is 0 Å². The summed E-state index contributed by atoms with van der Waals surface area (Å²) in [6.07, 6.45) is -1.11. The molecule has 0 radical (unpaired) electrons. The van der Waals surface area contributed by atoms with Crippen LogP contribution < -0.4 is 0 Å². The van der Waals surface area contributed by atoms with Gasteiger partial charge in [-0.15, -0.1) is 0 Å². The number of carbonyl (C=O) groups excluding carboxylic acids is 2. The van der Waals surface area contributed by atoms with E-state index in [1.54, 1.807) is 13.8 Å². The van der Waals surface area contributed by atoms with E-state index < -0.39 is 26.0 Å². The molecule has 0 saturated heterocycles. The molecule has 0 aliphatic rings. The summed E-state index contributed by atoms with van der Waals surface area (Å²) >= 11 is 0. The van der Waals surface area contributed by atoms with Gasteiger partial charge in [-0.1, -0.05) is 0 Å². The third kappa shape index (κ3) is 5.14. The molecule has 0 aliphatic carbocycles. The summed E-state index contributed by atoms with van der Waals surface area (Å²) in [6.45, 7) is 3.40. The Balaban J connectivity index is 4.55. The Morgan fingerprint density at radius 3 is 2.31 bits per heavy atom. The van der Waals surface area contributed by atoms with Gasteiger partial charge in [0.25, 0.3) is 5.85 Å². The average Bonchev–Trinajstić information content (AvgIpc) is 2.25. The van der Waals surface area contributed by atoms with Crippen molar-refractivity contribution >= 4 is 20.2 Å². The van der Waals surface area contributed by atoms with Gasteiger partial charge in [0.1, 0.15) is 0 Å². The highest BCUT2D eigenvalue weighted by Gasteiger charge is 2.31. The van der Waals surface area contributed by atoms with E-state index in [9.17, 15) is 14.2 Å². The molecule has 0 aromatic rings. The average molecular weight is 254 g/mol. The van der Waals surface area contributed by atoms with Crippen LogP contribution in [0, 0.1) is 0 Å². The fourth-order valence-corrected chi connectivity index (χ4v) is 1.68. The van der Waals surface area contributed by atoms with Gasteiger partial charge in [-0.05, 0) is 13.8 Å². The van der Waals surface area contributed by atoms with Gasteiger partial charge < -0.3 is 18.7 Å². The van der Waals surface area contributed by atoms with Gasteiger partial charge >= 0.3 is 12.1 Å². The molecule has 0 aliphatic heterocycles. The molecule has 0 spiro atoms. The summed E-state index contributed by atoms with van der Waals surface area (Å²) in [5.41, 5.74) is 0. The number of hydrogen-bond acceptors (Lipinski definition) is 7. The first kappa shape index (κ1) is 14.9. The van der Waals surface area contributed by atoms with Gasteiger partial charge in [-0.25, -0.2) is 9.59 Å². The monoisotopic (exact) mass is 254 g/mol. The predicted octanol–water partition coefficient (Wildman–Crippen LogP) is 1.17. The number of rotatable bonds is 6. The normalized spacial score (nSPS) is 13.7. The van der Waals surface area contributed by atoms with Gasteiger partial charge in [0.05, 0.1) is 20.3 Å². The number of hydrogen-bond donors (Lipinski definition) is 0. The molecular formula is C8H15O7P. The highest BCUT2D eigenvalue weighted by Crippen LogP contribution is 2.31. The molecule has 0 fully saturated rings. The van der Waals surface area contributed by atoms with Crippen molar-refractivity contribution in [3.8, 4) is 0 Å².